The van der Waals surface area contributed by atoms with Crippen LogP contribution in [0.25, 0.3) is 11.0 Å². The number of nitrogens with one attached hydrogen (secondary N) is 1. The Labute approximate surface area is 147 Å². The number of rotatable bonds is 4. The lowest BCUT2D eigenvalue weighted by atomic mass is 10.1. The number of hydrogen-bond donors (Lipinski definition) is 1. The molecule has 1 N–H and O–H groups in total. The zero-order valence-corrected chi connectivity index (χ0v) is 14.7. The van der Waals surface area contributed by atoms with Crippen molar-refractivity contribution in [3.63, 3.8) is 0 Å². The van der Waals surface area contributed by atoms with Crippen molar-refractivity contribution in [2.24, 2.45) is 0 Å². The molecule has 0 atom stereocenters. The number of ether oxygens (including phenoxy) is 1. The van der Waals surface area contributed by atoms with Gasteiger partial charge in [-0.25, -0.2) is 9.97 Å². The lowest BCUT2D eigenvalue weighted by molar-refractivity contribution is 0.245. The normalized spacial score (nSPS) is 15.7. The van der Waals surface area contributed by atoms with E-state index < -0.39 is 0 Å². The third-order valence-electron chi connectivity index (χ3n) is 4.83. The van der Waals surface area contributed by atoms with Crippen LogP contribution < -0.4 is 9.64 Å². The van der Waals surface area contributed by atoms with Crippen molar-refractivity contribution in [3.8, 4) is 5.75 Å². The maximum Gasteiger partial charge on any atom is 0.142 e. The van der Waals surface area contributed by atoms with Gasteiger partial charge in [0.1, 0.15) is 23.5 Å². The van der Waals surface area contributed by atoms with E-state index in [9.17, 15) is 0 Å². The lowest BCUT2D eigenvalue weighted by Gasteiger charge is -2.35. The van der Waals surface area contributed by atoms with Gasteiger partial charge in [0, 0.05) is 44.5 Å². The number of fused-ring (bicyclic) bond motifs is 1. The molecule has 0 aliphatic carbocycles. The van der Waals surface area contributed by atoms with Gasteiger partial charge < -0.3 is 14.6 Å². The van der Waals surface area contributed by atoms with Gasteiger partial charge in [-0.05, 0) is 19.1 Å². The molecule has 0 spiro atoms. The monoisotopic (exact) mass is 337 g/mol. The average molecular weight is 337 g/mol. The number of aryl methyl sites for hydroxylation is 1. The van der Waals surface area contributed by atoms with E-state index in [1.54, 1.807) is 13.4 Å². The molecule has 6 nitrogen and oxygen atoms in total. The molecule has 0 amide bonds. The molecule has 0 radical (unpaired) electrons. The molecule has 1 saturated heterocycles. The van der Waals surface area contributed by atoms with E-state index in [0.717, 1.165) is 55.3 Å². The fourth-order valence-electron chi connectivity index (χ4n) is 3.50. The number of piperazine rings is 1. The first-order chi connectivity index (χ1) is 12.2. The highest BCUT2D eigenvalue weighted by molar-refractivity contribution is 5.87. The third kappa shape index (κ3) is 3.17. The summed E-state index contributed by atoms with van der Waals surface area (Å²) in [6.45, 7) is 6.98. The standard InChI is InChI=1S/C19H23N5O/c1-14-3-4-17(25-2)15(11-14)12-23-7-9-24(10-8-23)19-16-5-6-20-18(16)21-13-22-19/h3-6,11,13H,7-10,12H2,1-2H3,(H,20,21,22). The van der Waals surface area contributed by atoms with Gasteiger partial charge in [-0.3, -0.25) is 4.90 Å². The second kappa shape index (κ2) is 6.72. The Morgan fingerprint density at radius 2 is 1.96 bits per heavy atom. The minimum Gasteiger partial charge on any atom is -0.496 e. The van der Waals surface area contributed by atoms with Crippen LogP contribution in [-0.2, 0) is 6.54 Å². The number of H-pyrrole nitrogens is 1. The summed E-state index contributed by atoms with van der Waals surface area (Å²) in [7, 11) is 1.74. The van der Waals surface area contributed by atoms with Gasteiger partial charge in [-0.15, -0.1) is 0 Å². The van der Waals surface area contributed by atoms with Crippen LogP contribution in [0.15, 0.2) is 36.8 Å². The van der Waals surface area contributed by atoms with Gasteiger partial charge in [0.25, 0.3) is 0 Å². The molecule has 3 heterocycles. The van der Waals surface area contributed by atoms with Crippen molar-refractivity contribution in [2.75, 3.05) is 38.2 Å². The molecule has 1 aliphatic heterocycles. The number of nitrogens with zero attached hydrogens (tertiary/aromatic N) is 4. The molecular weight excluding hydrogens is 314 g/mol. The van der Waals surface area contributed by atoms with Gasteiger partial charge in [-0.1, -0.05) is 17.7 Å². The maximum atomic E-state index is 5.51. The summed E-state index contributed by atoms with van der Waals surface area (Å²) in [5.74, 6) is 2.00. The fourth-order valence-corrected chi connectivity index (χ4v) is 3.50. The first kappa shape index (κ1) is 15.9. The molecule has 3 aromatic rings. The average Bonchev–Trinajstić information content (AvgIpc) is 3.11. The molecule has 2 aromatic heterocycles. The minimum absolute atomic E-state index is 0.900. The van der Waals surface area contributed by atoms with E-state index >= 15 is 0 Å². The zero-order chi connectivity index (χ0) is 17.2. The highest BCUT2D eigenvalue weighted by Gasteiger charge is 2.21. The van der Waals surface area contributed by atoms with Crippen molar-refractivity contribution in [1.82, 2.24) is 19.9 Å². The summed E-state index contributed by atoms with van der Waals surface area (Å²) >= 11 is 0. The van der Waals surface area contributed by atoms with Crippen LogP contribution in [0, 0.1) is 6.92 Å². The fraction of sp³-hybridized carbons (Fsp3) is 0.368. The van der Waals surface area contributed by atoms with Crippen molar-refractivity contribution in [3.05, 3.63) is 47.9 Å². The molecule has 0 unspecified atom stereocenters. The van der Waals surface area contributed by atoms with Crippen molar-refractivity contribution >= 4 is 16.9 Å². The molecule has 6 heteroatoms. The zero-order valence-electron chi connectivity index (χ0n) is 14.7. The smallest absolute Gasteiger partial charge is 0.142 e. The summed E-state index contributed by atoms with van der Waals surface area (Å²) in [6, 6.07) is 8.43. The predicted octanol–water partition coefficient (Wildman–Crippen LogP) is 2.60. The van der Waals surface area contributed by atoms with E-state index in [2.05, 4.69) is 55.9 Å². The Balaban J connectivity index is 1.45. The van der Waals surface area contributed by atoms with E-state index in [0.29, 0.717) is 0 Å². The summed E-state index contributed by atoms with van der Waals surface area (Å²) in [4.78, 5) is 16.8. The van der Waals surface area contributed by atoms with E-state index in [4.69, 9.17) is 4.74 Å². The number of methoxy groups -OCH3 is 1. The summed E-state index contributed by atoms with van der Waals surface area (Å²) < 4.78 is 5.51. The Bertz CT molecular complexity index is 867. The Morgan fingerprint density at radius 3 is 2.76 bits per heavy atom. The van der Waals surface area contributed by atoms with E-state index in [1.807, 2.05) is 6.20 Å². The number of aromatic amines is 1. The quantitative estimate of drug-likeness (QED) is 0.793. The molecule has 25 heavy (non-hydrogen) atoms. The number of anilines is 1. The molecule has 4 rings (SSSR count). The van der Waals surface area contributed by atoms with Crippen LogP contribution in [-0.4, -0.2) is 53.1 Å². The lowest BCUT2D eigenvalue weighted by Crippen LogP contribution is -2.46. The van der Waals surface area contributed by atoms with Crippen LogP contribution in [0.2, 0.25) is 0 Å². The van der Waals surface area contributed by atoms with Gasteiger partial charge in [0.15, 0.2) is 0 Å². The van der Waals surface area contributed by atoms with Crippen molar-refractivity contribution < 1.29 is 4.74 Å². The SMILES string of the molecule is COc1ccc(C)cc1CN1CCN(c2ncnc3[nH]ccc23)CC1. The molecule has 130 valence electrons. The summed E-state index contributed by atoms with van der Waals surface area (Å²) in [6.07, 6.45) is 3.56. The van der Waals surface area contributed by atoms with Gasteiger partial charge in [0.2, 0.25) is 0 Å². The van der Waals surface area contributed by atoms with Crippen LogP contribution >= 0.6 is 0 Å². The largest absolute Gasteiger partial charge is 0.496 e. The highest BCUT2D eigenvalue weighted by atomic mass is 16.5. The highest BCUT2D eigenvalue weighted by Crippen LogP contribution is 2.25. The third-order valence-corrected chi connectivity index (χ3v) is 4.83. The second-order valence-electron chi connectivity index (χ2n) is 6.52. The van der Waals surface area contributed by atoms with Crippen LogP contribution in [0.1, 0.15) is 11.1 Å². The summed E-state index contributed by atoms with van der Waals surface area (Å²) in [5.41, 5.74) is 3.42. The Morgan fingerprint density at radius 1 is 1.12 bits per heavy atom. The first-order valence-electron chi connectivity index (χ1n) is 8.63. The van der Waals surface area contributed by atoms with Crippen molar-refractivity contribution in [2.45, 2.75) is 13.5 Å². The number of benzene rings is 1. The van der Waals surface area contributed by atoms with Crippen LogP contribution in [0.3, 0.4) is 0 Å². The molecule has 0 bridgehead atoms. The minimum atomic E-state index is 0.900. The van der Waals surface area contributed by atoms with Gasteiger partial charge >= 0.3 is 0 Å². The van der Waals surface area contributed by atoms with Crippen LogP contribution in [0.4, 0.5) is 5.82 Å². The van der Waals surface area contributed by atoms with E-state index in [-0.39, 0.29) is 0 Å². The molecule has 1 fully saturated rings. The Hall–Kier alpha value is -2.60. The number of aromatic nitrogens is 3. The first-order valence-corrected chi connectivity index (χ1v) is 8.63. The van der Waals surface area contributed by atoms with Crippen molar-refractivity contribution in [1.29, 1.82) is 0 Å². The Kier molecular flexibility index (Phi) is 4.28. The summed E-state index contributed by atoms with van der Waals surface area (Å²) in [5, 5.41) is 1.09. The number of hydrogen-bond acceptors (Lipinski definition) is 5. The van der Waals surface area contributed by atoms with Gasteiger partial charge in [-0.2, -0.15) is 0 Å². The molecular formula is C19H23N5O. The molecule has 0 saturated carbocycles. The molecule has 1 aliphatic rings. The van der Waals surface area contributed by atoms with Crippen LogP contribution in [0.5, 0.6) is 5.75 Å². The second-order valence-corrected chi connectivity index (χ2v) is 6.52. The van der Waals surface area contributed by atoms with Gasteiger partial charge in [0.05, 0.1) is 12.5 Å². The maximum absolute atomic E-state index is 5.51. The van der Waals surface area contributed by atoms with E-state index in [1.165, 1.54) is 11.1 Å². The topological polar surface area (TPSA) is 57.3 Å². The molecule has 1 aromatic carbocycles. The predicted molar refractivity (Wildman–Crippen MR) is 99.1 cm³/mol.